The van der Waals surface area contributed by atoms with Gasteiger partial charge in [-0.2, -0.15) is 0 Å². The molecule has 1 saturated carbocycles. The average Bonchev–Trinajstić information content (AvgIpc) is 3.28. The SMILES string of the molecule is COCC(NC1CC1c1ccccc1)c1ccccc1. The zero-order valence-electron chi connectivity index (χ0n) is 11.8. The Morgan fingerprint density at radius 1 is 1.05 bits per heavy atom. The molecular weight excluding hydrogens is 246 g/mol. The summed E-state index contributed by atoms with van der Waals surface area (Å²) >= 11 is 0. The summed E-state index contributed by atoms with van der Waals surface area (Å²) in [5.41, 5.74) is 2.74. The van der Waals surface area contributed by atoms with Crippen LogP contribution >= 0.6 is 0 Å². The predicted molar refractivity (Wildman–Crippen MR) is 81.8 cm³/mol. The second kappa shape index (κ2) is 6.21. The lowest BCUT2D eigenvalue weighted by molar-refractivity contribution is 0.166. The fourth-order valence-electron chi connectivity index (χ4n) is 2.80. The average molecular weight is 267 g/mol. The van der Waals surface area contributed by atoms with Crippen molar-refractivity contribution in [3.05, 3.63) is 71.8 Å². The molecule has 1 aliphatic rings. The van der Waals surface area contributed by atoms with Crippen LogP contribution in [0.5, 0.6) is 0 Å². The molecule has 1 N–H and O–H groups in total. The molecule has 2 nitrogen and oxygen atoms in total. The Morgan fingerprint density at radius 2 is 1.70 bits per heavy atom. The minimum Gasteiger partial charge on any atom is -0.383 e. The Labute approximate surface area is 120 Å². The van der Waals surface area contributed by atoms with Crippen molar-refractivity contribution in [3.8, 4) is 0 Å². The Bertz CT molecular complexity index is 526. The largest absolute Gasteiger partial charge is 0.383 e. The molecule has 3 atom stereocenters. The van der Waals surface area contributed by atoms with Crippen LogP contribution in [0.3, 0.4) is 0 Å². The maximum atomic E-state index is 5.37. The fraction of sp³-hybridized carbons (Fsp3) is 0.333. The summed E-state index contributed by atoms with van der Waals surface area (Å²) in [4.78, 5) is 0. The third kappa shape index (κ3) is 3.09. The number of hydrogen-bond donors (Lipinski definition) is 1. The summed E-state index contributed by atoms with van der Waals surface area (Å²) in [6.45, 7) is 0.710. The van der Waals surface area contributed by atoms with E-state index in [4.69, 9.17) is 4.74 Å². The second-order valence-electron chi connectivity index (χ2n) is 5.44. The van der Waals surface area contributed by atoms with Gasteiger partial charge in [0, 0.05) is 19.1 Å². The maximum Gasteiger partial charge on any atom is 0.0657 e. The van der Waals surface area contributed by atoms with Crippen LogP contribution in [0.2, 0.25) is 0 Å². The summed E-state index contributed by atoms with van der Waals surface area (Å²) in [7, 11) is 1.76. The van der Waals surface area contributed by atoms with Gasteiger partial charge in [-0.05, 0) is 17.5 Å². The zero-order chi connectivity index (χ0) is 13.8. The molecule has 0 bridgehead atoms. The van der Waals surface area contributed by atoms with Gasteiger partial charge in [0.1, 0.15) is 0 Å². The standard InChI is InChI=1S/C18H21NO/c1-20-13-18(15-10-6-3-7-11-15)19-17-12-16(17)14-8-4-2-5-9-14/h2-11,16-19H,12-13H2,1H3. The molecule has 2 aromatic carbocycles. The quantitative estimate of drug-likeness (QED) is 0.864. The van der Waals surface area contributed by atoms with Crippen LogP contribution in [0.25, 0.3) is 0 Å². The molecule has 3 unspecified atom stereocenters. The highest BCUT2D eigenvalue weighted by Crippen LogP contribution is 2.41. The predicted octanol–water partition coefficient (Wildman–Crippen LogP) is 3.52. The van der Waals surface area contributed by atoms with E-state index in [2.05, 4.69) is 66.0 Å². The first kappa shape index (κ1) is 13.3. The van der Waals surface area contributed by atoms with Crippen molar-refractivity contribution in [2.24, 2.45) is 0 Å². The van der Waals surface area contributed by atoms with Gasteiger partial charge >= 0.3 is 0 Å². The van der Waals surface area contributed by atoms with Gasteiger partial charge in [0.2, 0.25) is 0 Å². The fourth-order valence-corrected chi connectivity index (χ4v) is 2.80. The molecule has 0 heterocycles. The molecule has 0 spiro atoms. The summed E-state index contributed by atoms with van der Waals surface area (Å²) < 4.78 is 5.37. The van der Waals surface area contributed by atoms with Crippen molar-refractivity contribution in [3.63, 3.8) is 0 Å². The van der Waals surface area contributed by atoms with Gasteiger partial charge < -0.3 is 10.1 Å². The molecule has 3 rings (SSSR count). The topological polar surface area (TPSA) is 21.3 Å². The number of rotatable bonds is 6. The third-order valence-corrected chi connectivity index (χ3v) is 3.97. The lowest BCUT2D eigenvalue weighted by Gasteiger charge is -2.18. The third-order valence-electron chi connectivity index (χ3n) is 3.97. The Balaban J connectivity index is 1.64. The minimum atomic E-state index is 0.278. The molecule has 2 heteroatoms. The number of ether oxygens (including phenoxy) is 1. The van der Waals surface area contributed by atoms with Crippen LogP contribution in [-0.4, -0.2) is 19.8 Å². The van der Waals surface area contributed by atoms with Crippen LogP contribution in [0.4, 0.5) is 0 Å². The summed E-state index contributed by atoms with van der Waals surface area (Å²) in [5.74, 6) is 0.652. The molecule has 0 amide bonds. The van der Waals surface area contributed by atoms with E-state index in [0.717, 1.165) is 0 Å². The van der Waals surface area contributed by atoms with E-state index in [9.17, 15) is 0 Å². The van der Waals surface area contributed by atoms with E-state index in [1.807, 2.05) is 0 Å². The van der Waals surface area contributed by atoms with Gasteiger partial charge in [0.15, 0.2) is 0 Å². The molecule has 1 aliphatic carbocycles. The minimum absolute atomic E-state index is 0.278. The highest BCUT2D eigenvalue weighted by atomic mass is 16.5. The maximum absolute atomic E-state index is 5.37. The number of methoxy groups -OCH3 is 1. The first-order valence-corrected chi connectivity index (χ1v) is 7.23. The number of nitrogens with one attached hydrogen (secondary N) is 1. The highest BCUT2D eigenvalue weighted by Gasteiger charge is 2.39. The van der Waals surface area contributed by atoms with Crippen LogP contribution < -0.4 is 5.32 Å². The summed E-state index contributed by atoms with van der Waals surface area (Å²) in [6, 6.07) is 22.2. The molecule has 0 aromatic heterocycles. The normalized spacial score (nSPS) is 22.4. The molecule has 0 aliphatic heterocycles. The van der Waals surface area contributed by atoms with E-state index in [0.29, 0.717) is 18.6 Å². The van der Waals surface area contributed by atoms with Gasteiger partial charge in [-0.15, -0.1) is 0 Å². The van der Waals surface area contributed by atoms with Gasteiger partial charge in [-0.3, -0.25) is 0 Å². The van der Waals surface area contributed by atoms with E-state index in [-0.39, 0.29) is 6.04 Å². The first-order chi connectivity index (χ1) is 9.88. The lowest BCUT2D eigenvalue weighted by Crippen LogP contribution is -2.28. The van der Waals surface area contributed by atoms with Crippen molar-refractivity contribution < 1.29 is 4.74 Å². The van der Waals surface area contributed by atoms with Gasteiger partial charge in [-0.25, -0.2) is 0 Å². The zero-order valence-corrected chi connectivity index (χ0v) is 11.8. The van der Waals surface area contributed by atoms with E-state index < -0.39 is 0 Å². The Morgan fingerprint density at radius 3 is 2.35 bits per heavy atom. The Kier molecular flexibility index (Phi) is 4.14. The molecule has 1 fully saturated rings. The molecule has 0 radical (unpaired) electrons. The van der Waals surface area contributed by atoms with E-state index >= 15 is 0 Å². The van der Waals surface area contributed by atoms with Gasteiger partial charge in [-0.1, -0.05) is 60.7 Å². The summed E-state index contributed by atoms with van der Waals surface area (Å²) in [5, 5.41) is 3.73. The number of hydrogen-bond acceptors (Lipinski definition) is 2. The van der Waals surface area contributed by atoms with E-state index in [1.54, 1.807) is 7.11 Å². The first-order valence-electron chi connectivity index (χ1n) is 7.23. The van der Waals surface area contributed by atoms with Crippen molar-refractivity contribution in [2.75, 3.05) is 13.7 Å². The number of benzene rings is 2. The van der Waals surface area contributed by atoms with Crippen LogP contribution in [-0.2, 0) is 4.74 Å². The van der Waals surface area contributed by atoms with Crippen LogP contribution in [0, 0.1) is 0 Å². The van der Waals surface area contributed by atoms with E-state index in [1.165, 1.54) is 17.5 Å². The molecule has 20 heavy (non-hydrogen) atoms. The molecule has 2 aromatic rings. The van der Waals surface area contributed by atoms with Crippen molar-refractivity contribution in [1.29, 1.82) is 0 Å². The highest BCUT2D eigenvalue weighted by molar-refractivity contribution is 5.29. The van der Waals surface area contributed by atoms with Crippen molar-refractivity contribution >= 4 is 0 Å². The monoisotopic (exact) mass is 267 g/mol. The lowest BCUT2D eigenvalue weighted by atomic mass is 10.1. The smallest absolute Gasteiger partial charge is 0.0657 e. The molecular formula is C18H21NO. The van der Waals surface area contributed by atoms with Crippen LogP contribution in [0.15, 0.2) is 60.7 Å². The second-order valence-corrected chi connectivity index (χ2v) is 5.44. The van der Waals surface area contributed by atoms with Crippen LogP contribution in [0.1, 0.15) is 29.5 Å². The molecule has 104 valence electrons. The van der Waals surface area contributed by atoms with Crippen molar-refractivity contribution in [2.45, 2.75) is 24.4 Å². The Hall–Kier alpha value is -1.64. The summed E-state index contributed by atoms with van der Waals surface area (Å²) in [6.07, 6.45) is 1.22. The molecule has 0 saturated heterocycles. The van der Waals surface area contributed by atoms with Crippen molar-refractivity contribution in [1.82, 2.24) is 5.32 Å². The van der Waals surface area contributed by atoms with Gasteiger partial charge in [0.05, 0.1) is 12.6 Å². The van der Waals surface area contributed by atoms with Gasteiger partial charge in [0.25, 0.3) is 0 Å².